The van der Waals surface area contributed by atoms with Crippen molar-refractivity contribution in [2.75, 3.05) is 6.61 Å². The van der Waals surface area contributed by atoms with E-state index in [2.05, 4.69) is 40.1 Å². The fourth-order valence-corrected chi connectivity index (χ4v) is 3.25. The summed E-state index contributed by atoms with van der Waals surface area (Å²) in [7, 11) is -1.27. The lowest BCUT2D eigenvalue weighted by molar-refractivity contribution is -0.147. The van der Waals surface area contributed by atoms with Gasteiger partial charge in [0.15, 0.2) is 6.29 Å². The van der Waals surface area contributed by atoms with Crippen molar-refractivity contribution in [3.05, 3.63) is 11.8 Å². The zero-order valence-electron chi connectivity index (χ0n) is 10.7. The van der Waals surface area contributed by atoms with Crippen molar-refractivity contribution in [1.82, 2.24) is 0 Å². The molecule has 0 spiro atoms. The zero-order valence-corrected chi connectivity index (χ0v) is 11.7. The molecule has 1 heterocycles. The molecule has 1 fully saturated rings. The van der Waals surface area contributed by atoms with Gasteiger partial charge in [-0.1, -0.05) is 24.8 Å². The SMILES string of the molecule is C=C([C@H]1CCO[C@@H]1OC(C)C)[Si](C)(C)C. The monoisotopic (exact) mass is 228 g/mol. The highest BCUT2D eigenvalue weighted by Crippen LogP contribution is 2.33. The summed E-state index contributed by atoms with van der Waals surface area (Å²) in [5, 5.41) is 1.38. The maximum atomic E-state index is 5.78. The van der Waals surface area contributed by atoms with Gasteiger partial charge in [-0.3, -0.25) is 0 Å². The van der Waals surface area contributed by atoms with Crippen LogP contribution in [-0.2, 0) is 9.47 Å². The second kappa shape index (κ2) is 4.81. The lowest BCUT2D eigenvalue weighted by Crippen LogP contribution is -2.34. The van der Waals surface area contributed by atoms with Crippen molar-refractivity contribution >= 4 is 8.07 Å². The van der Waals surface area contributed by atoms with Crippen LogP contribution < -0.4 is 0 Å². The van der Waals surface area contributed by atoms with Crippen LogP contribution in [0.2, 0.25) is 19.6 Å². The Morgan fingerprint density at radius 1 is 1.40 bits per heavy atom. The Morgan fingerprint density at radius 2 is 2.00 bits per heavy atom. The molecule has 3 heteroatoms. The molecule has 15 heavy (non-hydrogen) atoms. The highest BCUT2D eigenvalue weighted by molar-refractivity contribution is 6.83. The molecule has 0 unspecified atom stereocenters. The van der Waals surface area contributed by atoms with Crippen LogP contribution in [0.5, 0.6) is 0 Å². The second-order valence-corrected chi connectivity index (χ2v) is 10.7. The van der Waals surface area contributed by atoms with E-state index in [9.17, 15) is 0 Å². The number of ether oxygens (including phenoxy) is 2. The van der Waals surface area contributed by atoms with E-state index >= 15 is 0 Å². The predicted molar refractivity (Wildman–Crippen MR) is 66.6 cm³/mol. The lowest BCUT2D eigenvalue weighted by Gasteiger charge is -2.29. The van der Waals surface area contributed by atoms with Gasteiger partial charge in [-0.05, 0) is 20.3 Å². The number of hydrogen-bond donors (Lipinski definition) is 0. The van der Waals surface area contributed by atoms with Crippen LogP contribution in [0.25, 0.3) is 0 Å². The lowest BCUT2D eigenvalue weighted by atomic mass is 10.1. The van der Waals surface area contributed by atoms with Crippen molar-refractivity contribution in [2.45, 2.75) is 52.3 Å². The largest absolute Gasteiger partial charge is 0.352 e. The average molecular weight is 228 g/mol. The van der Waals surface area contributed by atoms with Crippen molar-refractivity contribution in [1.29, 1.82) is 0 Å². The topological polar surface area (TPSA) is 18.5 Å². The summed E-state index contributed by atoms with van der Waals surface area (Å²) in [6.07, 6.45) is 1.25. The smallest absolute Gasteiger partial charge is 0.164 e. The normalized spacial score (nSPS) is 27.3. The molecule has 0 aromatic heterocycles. The minimum atomic E-state index is -1.27. The first-order valence-electron chi connectivity index (χ1n) is 5.78. The average Bonchev–Trinajstić information content (AvgIpc) is 2.48. The Balaban J connectivity index is 2.64. The van der Waals surface area contributed by atoms with Gasteiger partial charge < -0.3 is 9.47 Å². The van der Waals surface area contributed by atoms with E-state index in [4.69, 9.17) is 9.47 Å². The summed E-state index contributed by atoms with van der Waals surface area (Å²) in [5.74, 6) is 0.416. The van der Waals surface area contributed by atoms with Crippen LogP contribution in [0.15, 0.2) is 11.8 Å². The van der Waals surface area contributed by atoms with Crippen molar-refractivity contribution in [2.24, 2.45) is 5.92 Å². The first-order valence-corrected chi connectivity index (χ1v) is 9.28. The van der Waals surface area contributed by atoms with Gasteiger partial charge in [-0.25, -0.2) is 0 Å². The van der Waals surface area contributed by atoms with Gasteiger partial charge in [0, 0.05) is 5.92 Å². The Kier molecular flexibility index (Phi) is 4.15. The van der Waals surface area contributed by atoms with Crippen LogP contribution in [0.3, 0.4) is 0 Å². The molecule has 2 atom stereocenters. The molecule has 2 nitrogen and oxygen atoms in total. The zero-order chi connectivity index (χ0) is 11.6. The van der Waals surface area contributed by atoms with E-state index in [0.717, 1.165) is 13.0 Å². The molecular weight excluding hydrogens is 204 g/mol. The number of hydrogen-bond acceptors (Lipinski definition) is 2. The highest BCUT2D eigenvalue weighted by Gasteiger charge is 2.36. The summed E-state index contributed by atoms with van der Waals surface area (Å²) in [6, 6.07) is 0. The van der Waals surface area contributed by atoms with E-state index in [0.29, 0.717) is 5.92 Å². The fourth-order valence-electron chi connectivity index (χ4n) is 1.86. The van der Waals surface area contributed by atoms with Crippen LogP contribution in [0.1, 0.15) is 20.3 Å². The molecule has 0 bridgehead atoms. The Morgan fingerprint density at radius 3 is 2.47 bits per heavy atom. The third-order valence-electron chi connectivity index (χ3n) is 2.86. The molecular formula is C12H24O2Si. The van der Waals surface area contributed by atoms with Gasteiger partial charge in [0.25, 0.3) is 0 Å². The molecule has 0 aromatic rings. The third kappa shape index (κ3) is 3.43. The maximum Gasteiger partial charge on any atom is 0.164 e. The van der Waals surface area contributed by atoms with Crippen LogP contribution in [-0.4, -0.2) is 27.1 Å². The van der Waals surface area contributed by atoms with Crippen molar-refractivity contribution in [3.8, 4) is 0 Å². The first kappa shape index (κ1) is 12.9. The van der Waals surface area contributed by atoms with Crippen LogP contribution in [0, 0.1) is 5.92 Å². The van der Waals surface area contributed by atoms with Gasteiger partial charge in [0.05, 0.1) is 20.8 Å². The Bertz CT molecular complexity index is 230. The molecule has 0 radical (unpaired) electrons. The van der Waals surface area contributed by atoms with Gasteiger partial charge in [-0.2, -0.15) is 0 Å². The maximum absolute atomic E-state index is 5.78. The Labute approximate surface area is 94.7 Å². The number of rotatable bonds is 4. The minimum Gasteiger partial charge on any atom is -0.352 e. The molecule has 0 aromatic carbocycles. The van der Waals surface area contributed by atoms with Crippen molar-refractivity contribution in [3.63, 3.8) is 0 Å². The predicted octanol–water partition coefficient (Wildman–Crippen LogP) is 3.21. The molecule has 0 N–H and O–H groups in total. The summed E-state index contributed by atoms with van der Waals surface area (Å²) in [4.78, 5) is 0. The molecule has 1 aliphatic heterocycles. The molecule has 0 amide bonds. The summed E-state index contributed by atoms with van der Waals surface area (Å²) >= 11 is 0. The van der Waals surface area contributed by atoms with E-state index in [1.165, 1.54) is 5.20 Å². The van der Waals surface area contributed by atoms with Crippen LogP contribution >= 0.6 is 0 Å². The highest BCUT2D eigenvalue weighted by atomic mass is 28.3. The third-order valence-corrected chi connectivity index (χ3v) is 5.15. The molecule has 1 aliphatic rings. The summed E-state index contributed by atoms with van der Waals surface area (Å²) < 4.78 is 11.4. The van der Waals surface area contributed by atoms with Gasteiger partial charge in [-0.15, -0.1) is 6.58 Å². The van der Waals surface area contributed by atoms with Gasteiger partial charge >= 0.3 is 0 Å². The van der Waals surface area contributed by atoms with Crippen LogP contribution in [0.4, 0.5) is 0 Å². The van der Waals surface area contributed by atoms with Gasteiger partial charge in [0.1, 0.15) is 0 Å². The van der Waals surface area contributed by atoms with E-state index in [1.807, 2.05) is 0 Å². The second-order valence-electron chi connectivity index (χ2n) is 5.59. The Hall–Kier alpha value is -0.123. The quantitative estimate of drug-likeness (QED) is 0.688. The molecule has 1 rings (SSSR count). The molecule has 1 saturated heterocycles. The van der Waals surface area contributed by atoms with Crippen molar-refractivity contribution < 1.29 is 9.47 Å². The van der Waals surface area contributed by atoms with E-state index in [-0.39, 0.29) is 12.4 Å². The first-order chi connectivity index (χ1) is 6.82. The molecule has 0 saturated carbocycles. The van der Waals surface area contributed by atoms with E-state index in [1.54, 1.807) is 0 Å². The summed E-state index contributed by atoms with van der Waals surface area (Å²) in [5.41, 5.74) is 0. The van der Waals surface area contributed by atoms with Gasteiger partial charge in [0.2, 0.25) is 0 Å². The summed E-state index contributed by atoms with van der Waals surface area (Å²) in [6.45, 7) is 16.2. The standard InChI is InChI=1S/C12H24O2Si/c1-9(2)14-12-11(7-8-13-12)10(3)15(4,5)6/h9,11-12H,3,7-8H2,1-2,4-6H3/t11-,12-/m1/s1. The molecule has 88 valence electrons. The fraction of sp³-hybridized carbons (Fsp3) is 0.833. The minimum absolute atomic E-state index is 0.0516. The van der Waals surface area contributed by atoms with E-state index < -0.39 is 8.07 Å². The molecule has 0 aliphatic carbocycles.